The van der Waals surface area contributed by atoms with Gasteiger partial charge in [-0.25, -0.2) is 0 Å². The van der Waals surface area contributed by atoms with Crippen LogP contribution in [0.4, 0.5) is 0 Å². The quantitative estimate of drug-likeness (QED) is 0.757. The predicted octanol–water partition coefficient (Wildman–Crippen LogP) is 2.69. The van der Waals surface area contributed by atoms with E-state index in [1.807, 2.05) is 19.1 Å². The van der Waals surface area contributed by atoms with Gasteiger partial charge in [-0.05, 0) is 49.3 Å². The maximum absolute atomic E-state index is 12.3. The summed E-state index contributed by atoms with van der Waals surface area (Å²) in [6.45, 7) is 1.94. The first-order chi connectivity index (χ1) is 10.6. The SMILES string of the molecule is Cc1ccc(CC(=O)NC(CCO)C2CCCCC2)cc1O. The number of carbonyl (C=O) groups is 1. The molecule has 1 fully saturated rings. The van der Waals surface area contributed by atoms with Crippen molar-refractivity contribution in [2.45, 2.75) is 57.9 Å². The van der Waals surface area contributed by atoms with Gasteiger partial charge in [-0.3, -0.25) is 4.79 Å². The molecule has 3 N–H and O–H groups in total. The topological polar surface area (TPSA) is 69.6 Å². The Hall–Kier alpha value is -1.55. The number of rotatable bonds is 6. The molecule has 1 aliphatic carbocycles. The highest BCUT2D eigenvalue weighted by Crippen LogP contribution is 2.27. The molecule has 1 aromatic carbocycles. The van der Waals surface area contributed by atoms with Crippen LogP contribution in [-0.2, 0) is 11.2 Å². The molecule has 4 nitrogen and oxygen atoms in total. The Labute approximate surface area is 132 Å². The maximum atomic E-state index is 12.3. The molecule has 2 rings (SSSR count). The van der Waals surface area contributed by atoms with Crippen LogP contribution in [0.15, 0.2) is 18.2 Å². The average molecular weight is 305 g/mol. The summed E-state index contributed by atoms with van der Waals surface area (Å²) in [4.78, 5) is 12.3. The lowest BCUT2D eigenvalue weighted by atomic mass is 9.82. The van der Waals surface area contributed by atoms with Gasteiger partial charge in [-0.15, -0.1) is 0 Å². The lowest BCUT2D eigenvalue weighted by molar-refractivity contribution is -0.121. The van der Waals surface area contributed by atoms with Gasteiger partial charge < -0.3 is 15.5 Å². The molecule has 1 atom stereocenters. The zero-order chi connectivity index (χ0) is 15.9. The van der Waals surface area contributed by atoms with Gasteiger partial charge in [0.25, 0.3) is 0 Å². The third kappa shape index (κ3) is 4.73. The number of nitrogens with one attached hydrogen (secondary N) is 1. The largest absolute Gasteiger partial charge is 0.508 e. The second-order valence-electron chi connectivity index (χ2n) is 6.38. The molecule has 22 heavy (non-hydrogen) atoms. The minimum Gasteiger partial charge on any atom is -0.508 e. The number of aliphatic hydroxyl groups is 1. The number of hydrogen-bond donors (Lipinski definition) is 3. The third-order valence-corrected chi connectivity index (χ3v) is 4.64. The van der Waals surface area contributed by atoms with Crippen molar-refractivity contribution in [1.29, 1.82) is 0 Å². The summed E-state index contributed by atoms with van der Waals surface area (Å²) >= 11 is 0. The molecule has 1 unspecified atom stereocenters. The summed E-state index contributed by atoms with van der Waals surface area (Å²) in [6.07, 6.45) is 6.87. The van der Waals surface area contributed by atoms with Crippen molar-refractivity contribution in [2.24, 2.45) is 5.92 Å². The highest BCUT2D eigenvalue weighted by atomic mass is 16.3. The van der Waals surface area contributed by atoms with Crippen molar-refractivity contribution in [1.82, 2.24) is 5.32 Å². The van der Waals surface area contributed by atoms with Crippen LogP contribution in [0, 0.1) is 12.8 Å². The van der Waals surface area contributed by atoms with Crippen molar-refractivity contribution < 1.29 is 15.0 Å². The Morgan fingerprint density at radius 1 is 1.32 bits per heavy atom. The predicted molar refractivity (Wildman–Crippen MR) is 86.8 cm³/mol. The fourth-order valence-electron chi connectivity index (χ4n) is 3.31. The molecule has 4 heteroatoms. The smallest absolute Gasteiger partial charge is 0.224 e. The number of hydrogen-bond acceptors (Lipinski definition) is 3. The molecule has 122 valence electrons. The summed E-state index contributed by atoms with van der Waals surface area (Å²) in [5.74, 6) is 0.674. The standard InChI is InChI=1S/C18H27NO3/c1-13-7-8-14(11-17(13)21)12-18(22)19-16(9-10-20)15-5-3-2-4-6-15/h7-8,11,15-16,20-21H,2-6,9-10,12H2,1H3,(H,19,22). The number of aryl methyl sites for hydroxylation is 1. The van der Waals surface area contributed by atoms with Crippen molar-refractivity contribution in [3.05, 3.63) is 29.3 Å². The van der Waals surface area contributed by atoms with Gasteiger partial charge in [-0.2, -0.15) is 0 Å². The molecule has 0 radical (unpaired) electrons. The highest BCUT2D eigenvalue weighted by Gasteiger charge is 2.24. The van der Waals surface area contributed by atoms with Crippen LogP contribution >= 0.6 is 0 Å². The fourth-order valence-corrected chi connectivity index (χ4v) is 3.31. The number of benzene rings is 1. The summed E-state index contributed by atoms with van der Waals surface area (Å²) in [5.41, 5.74) is 1.62. The summed E-state index contributed by atoms with van der Waals surface area (Å²) < 4.78 is 0. The third-order valence-electron chi connectivity index (χ3n) is 4.64. The fraction of sp³-hybridized carbons (Fsp3) is 0.611. The second-order valence-corrected chi connectivity index (χ2v) is 6.38. The minimum atomic E-state index is -0.0349. The molecule has 1 aliphatic rings. The molecule has 0 bridgehead atoms. The Morgan fingerprint density at radius 3 is 2.68 bits per heavy atom. The highest BCUT2D eigenvalue weighted by molar-refractivity contribution is 5.79. The number of amides is 1. The van der Waals surface area contributed by atoms with Crippen LogP contribution < -0.4 is 5.32 Å². The number of carbonyl (C=O) groups excluding carboxylic acids is 1. The van der Waals surface area contributed by atoms with Gasteiger partial charge in [0.2, 0.25) is 5.91 Å². The van der Waals surface area contributed by atoms with E-state index in [4.69, 9.17) is 0 Å². The minimum absolute atomic E-state index is 0.0349. The normalized spacial score (nSPS) is 17.2. The molecule has 0 spiro atoms. The zero-order valence-electron chi connectivity index (χ0n) is 13.3. The Bertz CT molecular complexity index is 495. The van der Waals surface area contributed by atoms with Gasteiger partial charge in [0.1, 0.15) is 5.75 Å². The number of phenols is 1. The van der Waals surface area contributed by atoms with E-state index < -0.39 is 0 Å². The summed E-state index contributed by atoms with van der Waals surface area (Å²) in [5, 5.41) is 22.1. The second kappa shape index (κ2) is 8.18. The lowest BCUT2D eigenvalue weighted by Crippen LogP contribution is -2.42. The van der Waals surface area contributed by atoms with Crippen molar-refractivity contribution in [3.63, 3.8) is 0 Å². The Kier molecular flexibility index (Phi) is 6.25. The van der Waals surface area contributed by atoms with Crippen LogP contribution in [0.1, 0.15) is 49.7 Å². The van der Waals surface area contributed by atoms with Crippen LogP contribution in [0.25, 0.3) is 0 Å². The molecule has 0 aliphatic heterocycles. The van der Waals surface area contributed by atoms with E-state index in [-0.39, 0.29) is 30.7 Å². The van der Waals surface area contributed by atoms with Crippen molar-refractivity contribution in [3.8, 4) is 5.75 Å². The van der Waals surface area contributed by atoms with E-state index in [2.05, 4.69) is 5.32 Å². The Balaban J connectivity index is 1.93. The van der Waals surface area contributed by atoms with Crippen molar-refractivity contribution in [2.75, 3.05) is 6.61 Å². The number of aromatic hydroxyl groups is 1. The van der Waals surface area contributed by atoms with E-state index in [0.29, 0.717) is 12.3 Å². The molecule has 1 aromatic rings. The van der Waals surface area contributed by atoms with Gasteiger partial charge in [0.15, 0.2) is 0 Å². The van der Waals surface area contributed by atoms with Gasteiger partial charge in [0.05, 0.1) is 6.42 Å². The molecule has 1 saturated carbocycles. The number of phenolic OH excluding ortho intramolecular Hbond substituents is 1. The van der Waals surface area contributed by atoms with Crippen LogP contribution in [0.5, 0.6) is 5.75 Å². The first-order valence-corrected chi connectivity index (χ1v) is 8.29. The van der Waals surface area contributed by atoms with E-state index >= 15 is 0 Å². The van der Waals surface area contributed by atoms with E-state index in [0.717, 1.165) is 24.0 Å². The van der Waals surface area contributed by atoms with Crippen LogP contribution in [0.3, 0.4) is 0 Å². The molecular formula is C18H27NO3. The first kappa shape index (κ1) is 16.8. The zero-order valence-corrected chi connectivity index (χ0v) is 13.3. The summed E-state index contributed by atoms with van der Waals surface area (Å²) in [6, 6.07) is 5.41. The summed E-state index contributed by atoms with van der Waals surface area (Å²) in [7, 11) is 0. The van der Waals surface area contributed by atoms with Gasteiger partial charge >= 0.3 is 0 Å². The van der Waals surface area contributed by atoms with Crippen LogP contribution in [0.2, 0.25) is 0 Å². The van der Waals surface area contributed by atoms with Crippen LogP contribution in [-0.4, -0.2) is 28.8 Å². The average Bonchev–Trinajstić information content (AvgIpc) is 2.51. The Morgan fingerprint density at radius 2 is 2.05 bits per heavy atom. The molecule has 0 heterocycles. The molecular weight excluding hydrogens is 278 g/mol. The first-order valence-electron chi connectivity index (χ1n) is 8.29. The van der Waals surface area contributed by atoms with E-state index in [1.165, 1.54) is 19.3 Å². The maximum Gasteiger partial charge on any atom is 0.224 e. The van der Waals surface area contributed by atoms with Crippen molar-refractivity contribution >= 4 is 5.91 Å². The van der Waals surface area contributed by atoms with E-state index in [1.54, 1.807) is 6.07 Å². The molecule has 0 saturated heterocycles. The molecule has 0 aromatic heterocycles. The lowest BCUT2D eigenvalue weighted by Gasteiger charge is -2.30. The molecule has 1 amide bonds. The van der Waals surface area contributed by atoms with Gasteiger partial charge in [0, 0.05) is 12.6 Å². The monoisotopic (exact) mass is 305 g/mol. The van der Waals surface area contributed by atoms with Gasteiger partial charge in [-0.1, -0.05) is 31.4 Å². The number of aliphatic hydroxyl groups excluding tert-OH is 1. The van der Waals surface area contributed by atoms with E-state index in [9.17, 15) is 15.0 Å².